The second-order valence-corrected chi connectivity index (χ2v) is 6.87. The summed E-state index contributed by atoms with van der Waals surface area (Å²) in [5.41, 5.74) is 7.37. The van der Waals surface area contributed by atoms with Gasteiger partial charge >= 0.3 is 0 Å². The van der Waals surface area contributed by atoms with E-state index in [4.69, 9.17) is 22.1 Å². The van der Waals surface area contributed by atoms with Crippen molar-refractivity contribution in [3.63, 3.8) is 0 Å². The summed E-state index contributed by atoms with van der Waals surface area (Å²) in [4.78, 5) is 23.0. The molecule has 1 aromatic heterocycles. The molecule has 2 aliphatic heterocycles. The van der Waals surface area contributed by atoms with Gasteiger partial charge in [0.05, 0.1) is 11.1 Å². The van der Waals surface area contributed by atoms with Gasteiger partial charge in [-0.05, 0) is 30.7 Å². The van der Waals surface area contributed by atoms with Crippen molar-refractivity contribution < 1.29 is 9.53 Å². The SMILES string of the molecule is CC1CC2(N=C(N)N(C)C2=O)c2cc(-c3cncc(Cl)c3)ccc2O1. The number of carbonyl (C=O) groups is 1. The Labute approximate surface area is 150 Å². The van der Waals surface area contributed by atoms with Crippen LogP contribution in [0.2, 0.25) is 5.02 Å². The van der Waals surface area contributed by atoms with E-state index in [0.29, 0.717) is 17.2 Å². The van der Waals surface area contributed by atoms with Gasteiger partial charge in [-0.1, -0.05) is 17.7 Å². The minimum atomic E-state index is -1.03. The van der Waals surface area contributed by atoms with Gasteiger partial charge in [-0.15, -0.1) is 0 Å². The van der Waals surface area contributed by atoms with Crippen LogP contribution in [0.3, 0.4) is 0 Å². The van der Waals surface area contributed by atoms with Gasteiger partial charge in [-0.3, -0.25) is 14.7 Å². The first-order chi connectivity index (χ1) is 11.9. The summed E-state index contributed by atoms with van der Waals surface area (Å²) in [6.07, 6.45) is 3.61. The van der Waals surface area contributed by atoms with Crippen LogP contribution in [0.1, 0.15) is 18.9 Å². The van der Waals surface area contributed by atoms with Crippen molar-refractivity contribution in [2.24, 2.45) is 10.7 Å². The predicted octanol–water partition coefficient (Wildman–Crippen LogP) is 2.56. The number of rotatable bonds is 1. The van der Waals surface area contributed by atoms with Crippen LogP contribution in [0, 0.1) is 0 Å². The van der Waals surface area contributed by atoms with Crippen LogP contribution < -0.4 is 10.5 Å². The third-order valence-corrected chi connectivity index (χ3v) is 4.89. The molecular formula is C18H17ClN4O2. The van der Waals surface area contributed by atoms with Crippen LogP contribution in [0.15, 0.2) is 41.7 Å². The summed E-state index contributed by atoms with van der Waals surface area (Å²) < 4.78 is 5.93. The molecule has 1 aromatic carbocycles. The summed E-state index contributed by atoms with van der Waals surface area (Å²) in [5, 5.41) is 0.550. The fourth-order valence-corrected chi connectivity index (χ4v) is 3.67. The maximum atomic E-state index is 12.9. The lowest BCUT2D eigenvalue weighted by molar-refractivity contribution is -0.132. The number of guanidine groups is 1. The van der Waals surface area contributed by atoms with E-state index < -0.39 is 5.54 Å². The number of halogens is 1. The molecule has 3 heterocycles. The smallest absolute Gasteiger partial charge is 0.261 e. The van der Waals surface area contributed by atoms with E-state index in [0.717, 1.165) is 16.7 Å². The van der Waals surface area contributed by atoms with E-state index in [9.17, 15) is 4.79 Å². The van der Waals surface area contributed by atoms with Crippen molar-refractivity contribution in [2.45, 2.75) is 25.0 Å². The number of aliphatic imine (C=N–C) groups is 1. The highest BCUT2D eigenvalue weighted by Crippen LogP contribution is 2.46. The lowest BCUT2D eigenvalue weighted by Crippen LogP contribution is -2.45. The van der Waals surface area contributed by atoms with Crippen LogP contribution in [0.4, 0.5) is 0 Å². The molecule has 6 nitrogen and oxygen atoms in total. The average molecular weight is 357 g/mol. The van der Waals surface area contributed by atoms with Crippen LogP contribution in [0.25, 0.3) is 11.1 Å². The lowest BCUT2D eigenvalue weighted by atomic mass is 9.81. The normalized spacial score (nSPS) is 24.9. The molecule has 1 amide bonds. The number of likely N-dealkylation sites (N-methyl/N-ethyl adjacent to an activating group) is 1. The second kappa shape index (κ2) is 5.46. The van der Waals surface area contributed by atoms with E-state index in [-0.39, 0.29) is 18.0 Å². The molecule has 0 fully saturated rings. The number of ether oxygens (including phenoxy) is 1. The highest BCUT2D eigenvalue weighted by Gasteiger charge is 2.52. The first kappa shape index (κ1) is 15.9. The van der Waals surface area contributed by atoms with Crippen molar-refractivity contribution in [2.75, 3.05) is 7.05 Å². The maximum Gasteiger partial charge on any atom is 0.261 e. The highest BCUT2D eigenvalue weighted by atomic mass is 35.5. The van der Waals surface area contributed by atoms with E-state index in [2.05, 4.69) is 9.98 Å². The second-order valence-electron chi connectivity index (χ2n) is 6.43. The van der Waals surface area contributed by atoms with Crippen molar-refractivity contribution in [1.82, 2.24) is 9.88 Å². The molecule has 0 aliphatic carbocycles. The highest BCUT2D eigenvalue weighted by molar-refractivity contribution is 6.30. The molecule has 0 saturated carbocycles. The predicted molar refractivity (Wildman–Crippen MR) is 95.5 cm³/mol. The Morgan fingerprint density at radius 2 is 2.12 bits per heavy atom. The molecule has 128 valence electrons. The van der Waals surface area contributed by atoms with Gasteiger partial charge in [0.2, 0.25) is 0 Å². The minimum Gasteiger partial charge on any atom is -0.490 e. The quantitative estimate of drug-likeness (QED) is 0.851. The Hall–Kier alpha value is -2.60. The zero-order valence-corrected chi connectivity index (χ0v) is 14.6. The number of benzene rings is 1. The first-order valence-electron chi connectivity index (χ1n) is 7.96. The molecule has 2 unspecified atom stereocenters. The summed E-state index contributed by atoms with van der Waals surface area (Å²) in [6, 6.07) is 7.53. The monoisotopic (exact) mass is 356 g/mol. The zero-order valence-electron chi connectivity index (χ0n) is 13.9. The molecule has 1 spiro atoms. The average Bonchev–Trinajstić information content (AvgIpc) is 2.79. The van der Waals surface area contributed by atoms with Crippen LogP contribution in [-0.4, -0.2) is 34.9 Å². The van der Waals surface area contributed by atoms with E-state index >= 15 is 0 Å². The van der Waals surface area contributed by atoms with Gasteiger partial charge in [-0.25, -0.2) is 4.99 Å². The molecule has 2 aliphatic rings. The largest absolute Gasteiger partial charge is 0.490 e. The molecule has 2 atom stereocenters. The molecule has 2 aromatic rings. The third-order valence-electron chi connectivity index (χ3n) is 4.68. The zero-order chi connectivity index (χ0) is 17.8. The fourth-order valence-electron chi connectivity index (χ4n) is 3.50. The number of fused-ring (bicyclic) bond motifs is 2. The van der Waals surface area contributed by atoms with Crippen LogP contribution >= 0.6 is 11.6 Å². The molecule has 0 saturated heterocycles. The van der Waals surface area contributed by atoms with Gasteiger partial charge in [0.25, 0.3) is 5.91 Å². The first-order valence-corrected chi connectivity index (χ1v) is 8.34. The number of pyridine rings is 1. The fraction of sp³-hybridized carbons (Fsp3) is 0.278. The maximum absolute atomic E-state index is 12.9. The Morgan fingerprint density at radius 3 is 2.80 bits per heavy atom. The van der Waals surface area contributed by atoms with Crippen molar-refractivity contribution in [1.29, 1.82) is 0 Å². The van der Waals surface area contributed by atoms with Gasteiger partial charge in [0.1, 0.15) is 5.75 Å². The number of amides is 1. The topological polar surface area (TPSA) is 80.8 Å². The molecule has 4 rings (SSSR count). The molecular weight excluding hydrogens is 340 g/mol. The summed E-state index contributed by atoms with van der Waals surface area (Å²) in [5.74, 6) is 0.736. The van der Waals surface area contributed by atoms with Crippen molar-refractivity contribution >= 4 is 23.5 Å². The third kappa shape index (κ3) is 2.36. The van der Waals surface area contributed by atoms with Crippen molar-refractivity contribution in [3.8, 4) is 16.9 Å². The van der Waals surface area contributed by atoms with Gasteiger partial charge < -0.3 is 10.5 Å². The van der Waals surface area contributed by atoms with E-state index in [1.54, 1.807) is 19.4 Å². The number of hydrogen-bond acceptors (Lipinski definition) is 5. The van der Waals surface area contributed by atoms with Gasteiger partial charge in [-0.2, -0.15) is 0 Å². The summed E-state index contributed by atoms with van der Waals surface area (Å²) in [6.45, 7) is 1.93. The number of hydrogen-bond donors (Lipinski definition) is 1. The Bertz CT molecular complexity index is 914. The molecule has 2 N–H and O–H groups in total. The summed E-state index contributed by atoms with van der Waals surface area (Å²) >= 11 is 6.05. The lowest BCUT2D eigenvalue weighted by Gasteiger charge is -2.35. The molecule has 0 bridgehead atoms. The Morgan fingerprint density at radius 1 is 1.32 bits per heavy atom. The molecule has 0 radical (unpaired) electrons. The summed E-state index contributed by atoms with van der Waals surface area (Å²) in [7, 11) is 1.64. The van der Waals surface area contributed by atoms with E-state index in [1.165, 1.54) is 4.90 Å². The standard InChI is InChI=1S/C18H17ClN4O2/c1-10-7-18(16(24)23(2)17(20)22-18)14-6-11(3-4-15(14)25-10)12-5-13(19)9-21-8-12/h3-6,8-10H,7H2,1-2H3,(H2,20,22). The number of nitrogens with two attached hydrogens (primary N) is 1. The number of aromatic nitrogens is 1. The van der Waals surface area contributed by atoms with Crippen LogP contribution in [-0.2, 0) is 10.3 Å². The molecule has 25 heavy (non-hydrogen) atoms. The number of nitrogens with zero attached hydrogens (tertiary/aromatic N) is 3. The number of carbonyl (C=O) groups excluding carboxylic acids is 1. The van der Waals surface area contributed by atoms with Gasteiger partial charge in [0, 0.05) is 37.0 Å². The van der Waals surface area contributed by atoms with Crippen molar-refractivity contribution in [3.05, 3.63) is 47.2 Å². The van der Waals surface area contributed by atoms with E-state index in [1.807, 2.05) is 31.2 Å². The Kier molecular flexibility index (Phi) is 3.47. The van der Waals surface area contributed by atoms with Crippen LogP contribution in [0.5, 0.6) is 5.75 Å². The molecule has 7 heteroatoms. The van der Waals surface area contributed by atoms with Gasteiger partial charge in [0.15, 0.2) is 11.5 Å². The minimum absolute atomic E-state index is 0.136. The Balaban J connectivity index is 1.91.